The maximum atomic E-state index is 15.3. The number of H-pyrrole nitrogens is 1. The van der Waals surface area contributed by atoms with Crippen molar-refractivity contribution in [1.29, 1.82) is 0 Å². The second kappa shape index (κ2) is 15.8. The maximum absolute atomic E-state index is 15.3. The molecule has 1 atom stereocenters. The molecule has 0 spiro atoms. The minimum Gasteiger partial charge on any atom is -0.420 e. The number of alkyl halides is 3. The molecule has 4 aliphatic heterocycles. The maximum Gasteiger partial charge on any atom is 0.487 e. The number of benzene rings is 2. The van der Waals surface area contributed by atoms with Crippen LogP contribution in [0.25, 0.3) is 11.3 Å². The SMILES string of the molecule is O=C1CCC(N2Cc3cc(CN4CCC(N5CCN(c6ncc(C(=O)Nc7ccc(OC(F)(F)Cl)cc7)cc6-c6ccn[nH]6)CC5)CC4)c(F)cc3C2=O)C(=O)N1. The summed E-state index contributed by atoms with van der Waals surface area (Å²) in [6, 6.07) is 11.6. The number of carbonyl (C=O) groups excluding carboxylic acids is 4. The Balaban J connectivity index is 0.854. The molecule has 4 amide bonds. The Morgan fingerprint density at radius 1 is 0.965 bits per heavy atom. The van der Waals surface area contributed by atoms with E-state index >= 15 is 4.39 Å². The van der Waals surface area contributed by atoms with Gasteiger partial charge in [-0.2, -0.15) is 5.10 Å². The highest BCUT2D eigenvalue weighted by Crippen LogP contribution is 2.33. The van der Waals surface area contributed by atoms with Gasteiger partial charge in [0.1, 0.15) is 23.4 Å². The lowest BCUT2D eigenvalue weighted by Crippen LogP contribution is -2.53. The predicted molar refractivity (Wildman–Crippen MR) is 202 cm³/mol. The molecule has 298 valence electrons. The molecule has 3 fully saturated rings. The van der Waals surface area contributed by atoms with E-state index in [9.17, 15) is 28.0 Å². The number of likely N-dealkylation sites (tertiary alicyclic amines) is 1. The number of hydrogen-bond donors (Lipinski definition) is 3. The van der Waals surface area contributed by atoms with Gasteiger partial charge in [0.15, 0.2) is 0 Å². The Morgan fingerprint density at radius 2 is 1.72 bits per heavy atom. The molecule has 2 aromatic carbocycles. The van der Waals surface area contributed by atoms with Gasteiger partial charge < -0.3 is 19.9 Å². The lowest BCUT2D eigenvalue weighted by molar-refractivity contribution is -0.136. The first-order valence-corrected chi connectivity index (χ1v) is 19.1. The van der Waals surface area contributed by atoms with Crippen molar-refractivity contribution in [3.05, 3.63) is 89.0 Å². The van der Waals surface area contributed by atoms with Crippen LogP contribution < -0.4 is 20.3 Å². The van der Waals surface area contributed by atoms with Gasteiger partial charge in [0.05, 0.1) is 11.3 Å². The summed E-state index contributed by atoms with van der Waals surface area (Å²) in [6.07, 6.45) is 5.39. The third-order valence-corrected chi connectivity index (χ3v) is 11.1. The highest BCUT2D eigenvalue weighted by molar-refractivity contribution is 6.20. The number of aromatic amines is 1. The fraction of sp³-hybridized carbons (Fsp3) is 0.385. The van der Waals surface area contributed by atoms with Crippen molar-refractivity contribution >= 4 is 46.7 Å². The van der Waals surface area contributed by atoms with Crippen LogP contribution in [0.1, 0.15) is 57.5 Å². The average Bonchev–Trinajstić information content (AvgIpc) is 3.84. The van der Waals surface area contributed by atoms with Crippen molar-refractivity contribution in [2.45, 2.75) is 56.4 Å². The number of hydrogen-bond acceptors (Lipinski definition) is 10. The van der Waals surface area contributed by atoms with Gasteiger partial charge >= 0.3 is 5.57 Å². The van der Waals surface area contributed by atoms with E-state index in [0.29, 0.717) is 65.1 Å². The quantitative estimate of drug-likeness (QED) is 0.153. The molecule has 3 saturated heterocycles. The fourth-order valence-electron chi connectivity index (χ4n) is 8.12. The molecule has 4 aromatic rings. The molecule has 3 N–H and O–H groups in total. The van der Waals surface area contributed by atoms with Gasteiger partial charge in [0.2, 0.25) is 11.8 Å². The number of imide groups is 1. The second-order valence-corrected chi connectivity index (χ2v) is 15.1. The van der Waals surface area contributed by atoms with E-state index in [0.717, 1.165) is 39.0 Å². The van der Waals surface area contributed by atoms with Gasteiger partial charge in [-0.15, -0.1) is 8.78 Å². The zero-order chi connectivity index (χ0) is 39.8. The van der Waals surface area contributed by atoms with Crippen molar-refractivity contribution < 1.29 is 37.1 Å². The van der Waals surface area contributed by atoms with Gasteiger partial charge in [0.25, 0.3) is 11.8 Å². The van der Waals surface area contributed by atoms with Gasteiger partial charge in [-0.05, 0) is 86.4 Å². The fourth-order valence-corrected chi connectivity index (χ4v) is 8.21. The molecule has 18 heteroatoms. The number of aromatic nitrogens is 3. The molecule has 2 aromatic heterocycles. The molecule has 0 saturated carbocycles. The molecule has 4 aliphatic rings. The number of anilines is 2. The van der Waals surface area contributed by atoms with Crippen LogP contribution in [-0.2, 0) is 22.7 Å². The molecule has 6 heterocycles. The molecule has 14 nitrogen and oxygen atoms in total. The van der Waals surface area contributed by atoms with Crippen molar-refractivity contribution in [2.24, 2.45) is 0 Å². The van der Waals surface area contributed by atoms with Crippen molar-refractivity contribution in [1.82, 2.24) is 35.2 Å². The summed E-state index contributed by atoms with van der Waals surface area (Å²) in [7, 11) is 0. The number of nitrogens with one attached hydrogen (secondary N) is 3. The molecule has 0 bridgehead atoms. The van der Waals surface area contributed by atoms with Crippen LogP contribution in [0.3, 0.4) is 0 Å². The Morgan fingerprint density at radius 3 is 2.40 bits per heavy atom. The Kier molecular flexibility index (Phi) is 10.6. The van der Waals surface area contributed by atoms with Crippen LogP contribution in [0.15, 0.2) is 60.9 Å². The van der Waals surface area contributed by atoms with Gasteiger partial charge in [-0.3, -0.25) is 39.4 Å². The van der Waals surface area contributed by atoms with Crippen LogP contribution >= 0.6 is 11.6 Å². The lowest BCUT2D eigenvalue weighted by atomic mass is 10.00. The molecule has 0 aliphatic carbocycles. The summed E-state index contributed by atoms with van der Waals surface area (Å²) >= 11 is 4.83. The number of halogens is 4. The third kappa shape index (κ3) is 8.45. The average molecular weight is 806 g/mol. The second-order valence-electron chi connectivity index (χ2n) is 14.6. The first-order chi connectivity index (χ1) is 27.4. The smallest absolute Gasteiger partial charge is 0.420 e. The number of pyridine rings is 1. The summed E-state index contributed by atoms with van der Waals surface area (Å²) in [5, 5.41) is 12.1. The number of rotatable bonds is 10. The van der Waals surface area contributed by atoms with E-state index in [-0.39, 0.29) is 36.6 Å². The molecule has 0 radical (unpaired) electrons. The van der Waals surface area contributed by atoms with Gasteiger partial charge in [-0.25, -0.2) is 9.37 Å². The molecular formula is C39H39ClF3N9O5. The number of amides is 4. The highest BCUT2D eigenvalue weighted by Gasteiger charge is 2.40. The van der Waals surface area contributed by atoms with Crippen LogP contribution in [0.4, 0.5) is 24.7 Å². The number of ether oxygens (including phenoxy) is 1. The molecular weight excluding hydrogens is 767 g/mol. The zero-order valence-electron chi connectivity index (χ0n) is 30.6. The largest absolute Gasteiger partial charge is 0.487 e. The van der Waals surface area contributed by atoms with Crippen LogP contribution in [0, 0.1) is 5.82 Å². The van der Waals surface area contributed by atoms with Gasteiger partial charge in [0, 0.05) is 98.1 Å². The molecule has 57 heavy (non-hydrogen) atoms. The summed E-state index contributed by atoms with van der Waals surface area (Å²) in [6.45, 7) is 5.25. The normalized spacial score (nSPS) is 19.8. The van der Waals surface area contributed by atoms with E-state index in [1.165, 1.54) is 41.4 Å². The Bertz CT molecular complexity index is 2170. The third-order valence-electron chi connectivity index (χ3n) is 11.0. The number of nitrogens with zero attached hydrogens (tertiary/aromatic N) is 6. The summed E-state index contributed by atoms with van der Waals surface area (Å²) in [5.74, 6) is -1.56. The molecule has 8 rings (SSSR count). The molecule has 1 unspecified atom stereocenters. The number of piperidine rings is 2. The minimum absolute atomic E-state index is 0.155. The Hall–Kier alpha value is -5.52. The van der Waals surface area contributed by atoms with E-state index in [1.807, 2.05) is 6.07 Å². The van der Waals surface area contributed by atoms with E-state index in [1.54, 1.807) is 18.3 Å². The van der Waals surface area contributed by atoms with Crippen molar-refractivity contribution in [3.63, 3.8) is 0 Å². The van der Waals surface area contributed by atoms with Crippen LogP contribution in [0.5, 0.6) is 5.75 Å². The van der Waals surface area contributed by atoms with E-state index in [2.05, 4.69) is 40.3 Å². The van der Waals surface area contributed by atoms with E-state index in [4.69, 9.17) is 16.6 Å². The number of carbonyl (C=O) groups is 4. The van der Waals surface area contributed by atoms with Crippen molar-refractivity contribution in [3.8, 4) is 17.0 Å². The van der Waals surface area contributed by atoms with E-state index < -0.39 is 35.1 Å². The zero-order valence-corrected chi connectivity index (χ0v) is 31.4. The monoisotopic (exact) mass is 805 g/mol. The van der Waals surface area contributed by atoms with Crippen LogP contribution in [-0.4, -0.2) is 110 Å². The number of piperazine rings is 1. The topological polar surface area (TPSA) is 156 Å². The first-order valence-electron chi connectivity index (χ1n) is 18.7. The summed E-state index contributed by atoms with van der Waals surface area (Å²) in [5.41, 5.74) is -0.300. The lowest BCUT2D eigenvalue weighted by Gasteiger charge is -2.43. The Labute approximate surface area is 330 Å². The minimum atomic E-state index is -3.85. The summed E-state index contributed by atoms with van der Waals surface area (Å²) in [4.78, 5) is 63.4. The van der Waals surface area contributed by atoms with Crippen molar-refractivity contribution in [2.75, 3.05) is 49.5 Å². The predicted octanol–water partition coefficient (Wildman–Crippen LogP) is 4.58. The highest BCUT2D eigenvalue weighted by atomic mass is 35.5. The number of fused-ring (bicyclic) bond motifs is 1. The summed E-state index contributed by atoms with van der Waals surface area (Å²) < 4.78 is 45.6. The first kappa shape index (κ1) is 38.4. The van der Waals surface area contributed by atoms with Crippen LogP contribution in [0.2, 0.25) is 0 Å². The standard InChI is InChI=1S/C39H39ClF3N9O5/c40-39(42,43)57-28-3-1-26(2-4-28)46-36(54)23-18-30(32-7-10-45-48-32)35(44-20-23)51-15-13-50(14-16-51)27-8-11-49(12-9-27)21-25-17-24-22-52(38(56)29(24)19-31(25)41)33-5-6-34(53)47-37(33)55/h1-4,7,10,17-20,27,33H,5-6,8-9,11-16,21-22H2,(H,45,48)(H,46,54)(H,47,53,55). The van der Waals surface area contributed by atoms with Gasteiger partial charge in [-0.1, -0.05) is 0 Å².